The fraction of sp³-hybridized carbons (Fsp3) is 0.643. The molecule has 1 saturated heterocycles. The third kappa shape index (κ3) is 4.15. The lowest BCUT2D eigenvalue weighted by molar-refractivity contribution is 0.378. The van der Waals surface area contributed by atoms with Crippen LogP contribution >= 0.6 is 35.7 Å². The average Bonchev–Trinajstić information content (AvgIpc) is 3.34. The number of hydrogen-bond acceptors (Lipinski definition) is 5. The summed E-state index contributed by atoms with van der Waals surface area (Å²) in [6.45, 7) is 4.36. The maximum Gasteiger partial charge on any atom is 0.225 e. The lowest BCUT2D eigenvalue weighted by Crippen LogP contribution is -2.51. The van der Waals surface area contributed by atoms with Gasteiger partial charge < -0.3 is 15.5 Å². The molecule has 0 amide bonds. The van der Waals surface area contributed by atoms with Crippen molar-refractivity contribution in [1.29, 1.82) is 0 Å². The standard InChI is InChI=1S/C14H22N6S.HI/c1-21-14(3-4-14)11-18-12(15)19-7-9-20(10-8-19)13-16-5-2-6-17-13;/h2,5-6H,3-4,7-11H2,1H3,(H2,15,18);1H. The van der Waals surface area contributed by atoms with Crippen LogP contribution in [0.3, 0.4) is 0 Å². The summed E-state index contributed by atoms with van der Waals surface area (Å²) < 4.78 is 0.379. The maximum absolute atomic E-state index is 6.14. The molecule has 0 spiro atoms. The third-order valence-electron chi connectivity index (χ3n) is 4.21. The first-order valence-corrected chi connectivity index (χ1v) is 8.57. The lowest BCUT2D eigenvalue weighted by atomic mass is 10.3. The van der Waals surface area contributed by atoms with E-state index in [0.717, 1.165) is 38.7 Å². The molecule has 8 heteroatoms. The van der Waals surface area contributed by atoms with Gasteiger partial charge in [-0.15, -0.1) is 24.0 Å². The van der Waals surface area contributed by atoms with Crippen LogP contribution in [0.5, 0.6) is 0 Å². The number of piperazine rings is 1. The van der Waals surface area contributed by atoms with E-state index in [-0.39, 0.29) is 24.0 Å². The molecule has 3 rings (SSSR count). The van der Waals surface area contributed by atoms with Crippen molar-refractivity contribution in [2.45, 2.75) is 17.6 Å². The number of aliphatic imine (C=N–C) groups is 1. The Labute approximate surface area is 153 Å². The van der Waals surface area contributed by atoms with Gasteiger partial charge in [-0.05, 0) is 25.2 Å². The Kier molecular flexibility index (Phi) is 6.13. The van der Waals surface area contributed by atoms with Gasteiger partial charge in [0.15, 0.2) is 5.96 Å². The van der Waals surface area contributed by atoms with Crippen LogP contribution in [0.15, 0.2) is 23.5 Å². The highest BCUT2D eigenvalue weighted by Gasteiger charge is 2.41. The van der Waals surface area contributed by atoms with Gasteiger partial charge in [-0.25, -0.2) is 9.97 Å². The zero-order valence-corrected chi connectivity index (χ0v) is 16.0. The normalized spacial score (nSPS) is 20.5. The summed E-state index contributed by atoms with van der Waals surface area (Å²) >= 11 is 1.92. The molecule has 2 fully saturated rings. The molecule has 0 atom stereocenters. The molecule has 0 bridgehead atoms. The number of nitrogens with two attached hydrogens (primary N) is 1. The van der Waals surface area contributed by atoms with Gasteiger partial charge in [-0.3, -0.25) is 4.99 Å². The van der Waals surface area contributed by atoms with Crippen molar-refractivity contribution in [2.75, 3.05) is 43.9 Å². The minimum Gasteiger partial charge on any atom is -0.370 e. The van der Waals surface area contributed by atoms with Gasteiger partial charge >= 0.3 is 0 Å². The fourth-order valence-electron chi connectivity index (χ4n) is 2.48. The second-order valence-electron chi connectivity index (χ2n) is 5.58. The quantitative estimate of drug-likeness (QED) is 0.439. The van der Waals surface area contributed by atoms with Gasteiger partial charge in [0.05, 0.1) is 6.54 Å². The van der Waals surface area contributed by atoms with Crippen LogP contribution in [0, 0.1) is 0 Å². The van der Waals surface area contributed by atoms with Crippen molar-refractivity contribution in [3.8, 4) is 0 Å². The van der Waals surface area contributed by atoms with E-state index < -0.39 is 0 Å². The molecule has 122 valence electrons. The summed E-state index contributed by atoms with van der Waals surface area (Å²) in [4.78, 5) is 17.5. The Hall–Kier alpha value is -0.770. The molecule has 2 heterocycles. The van der Waals surface area contributed by atoms with E-state index in [9.17, 15) is 0 Å². The summed E-state index contributed by atoms with van der Waals surface area (Å²) in [5, 5.41) is 0. The second kappa shape index (κ2) is 7.67. The van der Waals surface area contributed by atoms with Crippen molar-refractivity contribution in [3.63, 3.8) is 0 Å². The van der Waals surface area contributed by atoms with E-state index in [1.807, 2.05) is 17.8 Å². The topological polar surface area (TPSA) is 70.6 Å². The predicted molar refractivity (Wildman–Crippen MR) is 103 cm³/mol. The average molecular weight is 434 g/mol. The van der Waals surface area contributed by atoms with Crippen LogP contribution < -0.4 is 10.6 Å². The first kappa shape index (κ1) is 17.6. The van der Waals surface area contributed by atoms with Gasteiger partial charge in [0.1, 0.15) is 0 Å². The van der Waals surface area contributed by atoms with Crippen molar-refractivity contribution < 1.29 is 0 Å². The summed E-state index contributed by atoms with van der Waals surface area (Å²) in [5.41, 5.74) is 6.14. The van der Waals surface area contributed by atoms with E-state index in [0.29, 0.717) is 10.7 Å². The van der Waals surface area contributed by atoms with Crippen LogP contribution in [-0.4, -0.2) is 64.6 Å². The van der Waals surface area contributed by atoms with E-state index in [1.54, 1.807) is 12.4 Å². The van der Waals surface area contributed by atoms with Gasteiger partial charge in [0.2, 0.25) is 5.95 Å². The number of guanidine groups is 1. The fourth-order valence-corrected chi connectivity index (χ4v) is 3.19. The van der Waals surface area contributed by atoms with E-state index >= 15 is 0 Å². The minimum atomic E-state index is 0. The van der Waals surface area contributed by atoms with E-state index in [4.69, 9.17) is 5.73 Å². The number of nitrogens with zero attached hydrogens (tertiary/aromatic N) is 5. The van der Waals surface area contributed by atoms with Crippen molar-refractivity contribution in [3.05, 3.63) is 18.5 Å². The monoisotopic (exact) mass is 434 g/mol. The van der Waals surface area contributed by atoms with E-state index in [2.05, 4.69) is 31.0 Å². The van der Waals surface area contributed by atoms with Gasteiger partial charge in [0, 0.05) is 43.3 Å². The van der Waals surface area contributed by atoms with Crippen LogP contribution in [0.2, 0.25) is 0 Å². The van der Waals surface area contributed by atoms with Gasteiger partial charge in [-0.2, -0.15) is 11.8 Å². The minimum absolute atomic E-state index is 0. The Morgan fingerprint density at radius 3 is 2.45 bits per heavy atom. The number of aromatic nitrogens is 2. The van der Waals surface area contributed by atoms with Crippen LogP contribution in [0.1, 0.15) is 12.8 Å². The first-order chi connectivity index (χ1) is 10.2. The van der Waals surface area contributed by atoms with Gasteiger partial charge in [0.25, 0.3) is 0 Å². The maximum atomic E-state index is 6.14. The number of thioether (sulfide) groups is 1. The number of hydrogen-bond donors (Lipinski definition) is 1. The number of rotatable bonds is 4. The molecule has 1 aliphatic heterocycles. The van der Waals surface area contributed by atoms with Crippen molar-refractivity contribution in [1.82, 2.24) is 14.9 Å². The zero-order chi connectivity index (χ0) is 14.7. The molecule has 0 radical (unpaired) electrons. The lowest BCUT2D eigenvalue weighted by Gasteiger charge is -2.35. The SMILES string of the molecule is CSC1(CN=C(N)N2CCN(c3ncccn3)CC2)CC1.I. The molecule has 0 aromatic carbocycles. The van der Waals surface area contributed by atoms with Crippen molar-refractivity contribution >= 4 is 47.6 Å². The highest BCUT2D eigenvalue weighted by Crippen LogP contribution is 2.47. The molecule has 22 heavy (non-hydrogen) atoms. The molecule has 6 nitrogen and oxygen atoms in total. The molecular weight excluding hydrogens is 411 g/mol. The number of anilines is 1. The molecule has 2 aliphatic rings. The summed E-state index contributed by atoms with van der Waals surface area (Å²) in [7, 11) is 0. The molecule has 0 unspecified atom stereocenters. The molecule has 1 aromatic rings. The summed E-state index contributed by atoms with van der Waals surface area (Å²) in [5.74, 6) is 1.48. The largest absolute Gasteiger partial charge is 0.370 e. The Bertz CT molecular complexity index is 499. The Morgan fingerprint density at radius 2 is 1.91 bits per heavy atom. The van der Waals surface area contributed by atoms with Gasteiger partial charge in [-0.1, -0.05) is 0 Å². The Balaban J connectivity index is 0.00000176. The smallest absolute Gasteiger partial charge is 0.225 e. The van der Waals surface area contributed by atoms with Crippen LogP contribution in [0.25, 0.3) is 0 Å². The predicted octanol–water partition coefficient (Wildman–Crippen LogP) is 1.43. The second-order valence-corrected chi connectivity index (χ2v) is 6.86. The molecule has 1 aromatic heterocycles. The zero-order valence-electron chi connectivity index (χ0n) is 12.8. The van der Waals surface area contributed by atoms with Crippen molar-refractivity contribution in [2.24, 2.45) is 10.7 Å². The highest BCUT2D eigenvalue weighted by molar-refractivity contribution is 14.0. The molecule has 2 N–H and O–H groups in total. The summed E-state index contributed by atoms with van der Waals surface area (Å²) in [6.07, 6.45) is 8.26. The molecule has 1 aliphatic carbocycles. The van der Waals surface area contributed by atoms with E-state index in [1.165, 1.54) is 12.8 Å². The number of halogens is 1. The molecular formula is C14H23IN6S. The summed E-state index contributed by atoms with van der Waals surface area (Å²) in [6, 6.07) is 1.84. The van der Waals surface area contributed by atoms with Crippen LogP contribution in [0.4, 0.5) is 5.95 Å². The van der Waals surface area contributed by atoms with Crippen LogP contribution in [-0.2, 0) is 0 Å². The molecule has 1 saturated carbocycles. The Morgan fingerprint density at radius 1 is 1.27 bits per heavy atom. The first-order valence-electron chi connectivity index (χ1n) is 7.34. The highest BCUT2D eigenvalue weighted by atomic mass is 127. The third-order valence-corrected chi connectivity index (χ3v) is 5.61.